The van der Waals surface area contributed by atoms with E-state index in [1.165, 1.54) is 0 Å². The highest BCUT2D eigenvalue weighted by molar-refractivity contribution is 5.59. The van der Waals surface area contributed by atoms with Crippen LogP contribution < -0.4 is 11.3 Å². The Hall–Kier alpha value is -1.91. The molecular weight excluding hydrogens is 264 g/mol. The number of nitrogens with zero attached hydrogens (tertiary/aromatic N) is 1. The molecule has 3 rings (SSSR count). The summed E-state index contributed by atoms with van der Waals surface area (Å²) in [6, 6.07) is 13.8. The number of nitrogens with two attached hydrogens (primary N) is 1. The minimum absolute atomic E-state index is 0.00523. The Morgan fingerprint density at radius 2 is 2.00 bits per heavy atom. The molecule has 1 atom stereocenters. The molecule has 1 aromatic carbocycles. The Bertz CT molecular complexity index is 658. The normalized spacial score (nSPS) is 18.0. The fourth-order valence-electron chi connectivity index (χ4n) is 2.81. The van der Waals surface area contributed by atoms with Crippen LogP contribution in [0.3, 0.4) is 0 Å². The Morgan fingerprint density at radius 3 is 2.67 bits per heavy atom. The van der Waals surface area contributed by atoms with Gasteiger partial charge in [-0.25, -0.2) is 0 Å². The van der Waals surface area contributed by atoms with Crippen LogP contribution in [0.5, 0.6) is 0 Å². The van der Waals surface area contributed by atoms with Crippen molar-refractivity contribution in [3.8, 4) is 11.3 Å². The van der Waals surface area contributed by atoms with Crippen molar-refractivity contribution in [1.29, 1.82) is 0 Å². The van der Waals surface area contributed by atoms with Crippen molar-refractivity contribution in [1.82, 2.24) is 4.57 Å². The van der Waals surface area contributed by atoms with Crippen LogP contribution >= 0.6 is 0 Å². The molecule has 0 aliphatic carbocycles. The van der Waals surface area contributed by atoms with Crippen molar-refractivity contribution in [3.05, 3.63) is 58.4 Å². The molecule has 2 aromatic rings. The molecular formula is C17H20N2O2. The molecule has 0 amide bonds. The van der Waals surface area contributed by atoms with E-state index in [1.807, 2.05) is 47.0 Å². The second-order valence-electron chi connectivity index (χ2n) is 5.36. The van der Waals surface area contributed by atoms with Gasteiger partial charge in [0.1, 0.15) is 0 Å². The van der Waals surface area contributed by atoms with Gasteiger partial charge in [0.25, 0.3) is 5.56 Å². The first kappa shape index (κ1) is 14.0. The lowest BCUT2D eigenvalue weighted by Gasteiger charge is -2.17. The van der Waals surface area contributed by atoms with Gasteiger partial charge in [0, 0.05) is 18.7 Å². The smallest absolute Gasteiger partial charge is 0.255 e. The average Bonchev–Trinajstić information content (AvgIpc) is 3.03. The van der Waals surface area contributed by atoms with Crippen molar-refractivity contribution >= 4 is 0 Å². The summed E-state index contributed by atoms with van der Waals surface area (Å²) in [7, 11) is 0. The molecule has 1 aromatic heterocycles. The third-order valence-electron chi connectivity index (χ3n) is 3.95. The van der Waals surface area contributed by atoms with Gasteiger partial charge in [-0.3, -0.25) is 4.79 Å². The lowest BCUT2D eigenvalue weighted by atomic mass is 10.1. The first-order valence-electron chi connectivity index (χ1n) is 7.39. The van der Waals surface area contributed by atoms with Gasteiger partial charge in [0.05, 0.1) is 18.3 Å². The van der Waals surface area contributed by atoms with E-state index in [-0.39, 0.29) is 18.2 Å². The summed E-state index contributed by atoms with van der Waals surface area (Å²) in [5, 5.41) is 0. The van der Waals surface area contributed by atoms with Gasteiger partial charge in [0.15, 0.2) is 0 Å². The van der Waals surface area contributed by atoms with Gasteiger partial charge in [-0.1, -0.05) is 36.4 Å². The molecule has 1 aliphatic rings. The minimum atomic E-state index is -0.00523. The predicted octanol–water partition coefficient (Wildman–Crippen LogP) is 2.15. The molecule has 4 nitrogen and oxygen atoms in total. The third kappa shape index (κ3) is 2.91. The standard InChI is InChI=1S/C17H20N2O2/c18-11-14-8-9-16(13-5-2-1-3-6-13)19(17(14)20)12-15-7-4-10-21-15/h1-3,5-6,8-9,15H,4,7,10-12,18H2. The van der Waals surface area contributed by atoms with Crippen LogP contribution in [0.4, 0.5) is 0 Å². The predicted molar refractivity (Wildman–Crippen MR) is 83.0 cm³/mol. The molecule has 1 saturated heterocycles. The first-order valence-corrected chi connectivity index (χ1v) is 7.39. The third-order valence-corrected chi connectivity index (χ3v) is 3.95. The molecule has 0 radical (unpaired) electrons. The zero-order chi connectivity index (χ0) is 14.7. The van der Waals surface area contributed by atoms with Crippen LogP contribution in [0.1, 0.15) is 18.4 Å². The van der Waals surface area contributed by atoms with Crippen molar-refractivity contribution in [3.63, 3.8) is 0 Å². The van der Waals surface area contributed by atoms with Crippen LogP contribution in [0.2, 0.25) is 0 Å². The zero-order valence-corrected chi connectivity index (χ0v) is 12.0. The van der Waals surface area contributed by atoms with E-state index >= 15 is 0 Å². The number of hydrogen-bond acceptors (Lipinski definition) is 3. The van der Waals surface area contributed by atoms with Crippen molar-refractivity contribution in [2.75, 3.05) is 6.61 Å². The first-order chi connectivity index (χ1) is 10.3. The van der Waals surface area contributed by atoms with Crippen molar-refractivity contribution in [2.45, 2.75) is 32.0 Å². The second-order valence-corrected chi connectivity index (χ2v) is 5.36. The molecule has 0 saturated carbocycles. The molecule has 0 spiro atoms. The molecule has 21 heavy (non-hydrogen) atoms. The van der Waals surface area contributed by atoms with E-state index in [0.29, 0.717) is 12.1 Å². The fourth-order valence-corrected chi connectivity index (χ4v) is 2.81. The highest BCUT2D eigenvalue weighted by Crippen LogP contribution is 2.21. The quantitative estimate of drug-likeness (QED) is 0.936. The van der Waals surface area contributed by atoms with Gasteiger partial charge in [-0.15, -0.1) is 0 Å². The van der Waals surface area contributed by atoms with E-state index in [1.54, 1.807) is 0 Å². The number of hydrogen-bond donors (Lipinski definition) is 1. The van der Waals surface area contributed by atoms with Crippen LogP contribution in [0.15, 0.2) is 47.3 Å². The van der Waals surface area contributed by atoms with Crippen molar-refractivity contribution < 1.29 is 4.74 Å². The van der Waals surface area contributed by atoms with Crippen LogP contribution in [0, 0.1) is 0 Å². The van der Waals surface area contributed by atoms with E-state index in [4.69, 9.17) is 10.5 Å². The van der Waals surface area contributed by atoms with Gasteiger partial charge in [-0.05, 0) is 24.5 Å². The maximum atomic E-state index is 12.6. The van der Waals surface area contributed by atoms with Crippen molar-refractivity contribution in [2.24, 2.45) is 5.73 Å². The van der Waals surface area contributed by atoms with Gasteiger partial charge >= 0.3 is 0 Å². The summed E-state index contributed by atoms with van der Waals surface area (Å²) < 4.78 is 7.50. The molecule has 1 unspecified atom stereocenters. The SMILES string of the molecule is NCc1ccc(-c2ccccc2)n(CC2CCCO2)c1=O. The van der Waals surface area contributed by atoms with Gasteiger partial charge in [0.2, 0.25) is 0 Å². The molecule has 1 fully saturated rings. The molecule has 2 N–H and O–H groups in total. The number of benzene rings is 1. The lowest BCUT2D eigenvalue weighted by molar-refractivity contribution is 0.0965. The Morgan fingerprint density at radius 1 is 1.19 bits per heavy atom. The zero-order valence-electron chi connectivity index (χ0n) is 12.0. The summed E-state index contributed by atoms with van der Waals surface area (Å²) in [5.41, 5.74) is 8.28. The van der Waals surface area contributed by atoms with Crippen LogP contribution in [-0.2, 0) is 17.8 Å². The minimum Gasteiger partial charge on any atom is -0.376 e. The lowest BCUT2D eigenvalue weighted by Crippen LogP contribution is -2.30. The summed E-state index contributed by atoms with van der Waals surface area (Å²) in [6.45, 7) is 1.65. The topological polar surface area (TPSA) is 57.2 Å². The summed E-state index contributed by atoms with van der Waals surface area (Å²) in [5.74, 6) is 0. The second kappa shape index (κ2) is 6.24. The monoisotopic (exact) mass is 284 g/mol. The van der Waals surface area contributed by atoms with E-state index in [9.17, 15) is 4.79 Å². The van der Waals surface area contributed by atoms with Crippen LogP contribution in [0.25, 0.3) is 11.3 Å². The van der Waals surface area contributed by atoms with E-state index in [0.717, 1.165) is 30.7 Å². The number of pyridine rings is 1. The van der Waals surface area contributed by atoms with Gasteiger partial charge < -0.3 is 15.0 Å². The Kier molecular flexibility index (Phi) is 4.18. The molecule has 1 aliphatic heterocycles. The fraction of sp³-hybridized carbons (Fsp3) is 0.353. The maximum Gasteiger partial charge on any atom is 0.255 e. The summed E-state index contributed by atoms with van der Waals surface area (Å²) >= 11 is 0. The molecule has 4 heteroatoms. The van der Waals surface area contributed by atoms with E-state index < -0.39 is 0 Å². The Balaban J connectivity index is 2.06. The number of rotatable bonds is 4. The number of aromatic nitrogens is 1. The van der Waals surface area contributed by atoms with E-state index in [2.05, 4.69) is 0 Å². The highest BCUT2D eigenvalue weighted by atomic mass is 16.5. The largest absolute Gasteiger partial charge is 0.376 e. The number of ether oxygens (including phenoxy) is 1. The highest BCUT2D eigenvalue weighted by Gasteiger charge is 2.19. The molecule has 2 heterocycles. The Labute approximate surface area is 124 Å². The molecule has 110 valence electrons. The molecule has 0 bridgehead atoms. The van der Waals surface area contributed by atoms with Crippen LogP contribution in [-0.4, -0.2) is 17.3 Å². The summed E-state index contributed by atoms with van der Waals surface area (Å²) in [4.78, 5) is 12.6. The maximum absolute atomic E-state index is 12.6. The average molecular weight is 284 g/mol. The summed E-state index contributed by atoms with van der Waals surface area (Å²) in [6.07, 6.45) is 2.20. The van der Waals surface area contributed by atoms with Gasteiger partial charge in [-0.2, -0.15) is 0 Å².